The molecule has 6 rings (SSSR count). The number of rotatable bonds is 2. The van der Waals surface area contributed by atoms with Crippen LogP contribution in [-0.2, 0) is 11.2 Å². The van der Waals surface area contributed by atoms with Crippen molar-refractivity contribution >= 4 is 11.5 Å². The molecule has 174 valence electrons. The molecule has 3 fully saturated rings. The average molecular weight is 445 g/mol. The lowest BCUT2D eigenvalue weighted by molar-refractivity contribution is -0.140. The molecule has 1 spiro atoms. The van der Waals surface area contributed by atoms with Crippen LogP contribution >= 0.6 is 0 Å². The SMILES string of the molecule is CN(C)c1ccc2c(c1)C[C@]13CCC(=O)C=C1CC[C@@H]1C3C2C[C@@]2(C)[C@H]1CC[C@@]2(O)CC#N. The molecule has 33 heavy (non-hydrogen) atoms. The second-order valence-electron chi connectivity index (χ2n) is 12.2. The van der Waals surface area contributed by atoms with E-state index < -0.39 is 5.60 Å². The topological polar surface area (TPSA) is 64.3 Å². The number of hydrogen-bond acceptors (Lipinski definition) is 4. The zero-order chi connectivity index (χ0) is 23.2. The summed E-state index contributed by atoms with van der Waals surface area (Å²) in [6, 6.07) is 9.30. The summed E-state index contributed by atoms with van der Waals surface area (Å²) in [5.74, 6) is 2.27. The minimum atomic E-state index is -0.885. The van der Waals surface area contributed by atoms with Gasteiger partial charge in [-0.1, -0.05) is 18.6 Å². The Morgan fingerprint density at radius 1 is 1.21 bits per heavy atom. The van der Waals surface area contributed by atoms with E-state index in [2.05, 4.69) is 50.2 Å². The first-order chi connectivity index (χ1) is 15.7. The van der Waals surface area contributed by atoms with Crippen LogP contribution in [0.5, 0.6) is 0 Å². The van der Waals surface area contributed by atoms with E-state index in [0.29, 0.717) is 35.9 Å². The summed E-state index contributed by atoms with van der Waals surface area (Å²) in [4.78, 5) is 14.6. The zero-order valence-corrected chi connectivity index (χ0v) is 20.2. The van der Waals surface area contributed by atoms with Crippen molar-refractivity contribution in [2.45, 2.75) is 76.2 Å². The fourth-order valence-electron chi connectivity index (χ4n) is 9.39. The highest BCUT2D eigenvalue weighted by Crippen LogP contribution is 2.73. The Kier molecular flexibility index (Phi) is 4.51. The van der Waals surface area contributed by atoms with Gasteiger partial charge in [0.2, 0.25) is 0 Å². The van der Waals surface area contributed by atoms with Crippen LogP contribution in [0.25, 0.3) is 0 Å². The molecule has 0 heterocycles. The highest BCUT2D eigenvalue weighted by molar-refractivity contribution is 5.91. The molecule has 1 N–H and O–H groups in total. The Hall–Kier alpha value is -2.12. The van der Waals surface area contributed by atoms with Crippen LogP contribution in [0.2, 0.25) is 0 Å². The van der Waals surface area contributed by atoms with Crippen LogP contribution in [0, 0.1) is 39.9 Å². The number of anilines is 1. The second kappa shape index (κ2) is 6.95. The maximum Gasteiger partial charge on any atom is 0.155 e. The van der Waals surface area contributed by atoms with Crippen molar-refractivity contribution in [2.75, 3.05) is 19.0 Å². The molecule has 0 saturated heterocycles. The Morgan fingerprint density at radius 3 is 2.79 bits per heavy atom. The van der Waals surface area contributed by atoms with Crippen LogP contribution in [0.1, 0.15) is 75.3 Å². The summed E-state index contributed by atoms with van der Waals surface area (Å²) in [5, 5.41) is 21.3. The number of allylic oxidation sites excluding steroid dienone is 1. The van der Waals surface area contributed by atoms with Crippen molar-refractivity contribution in [1.29, 1.82) is 5.26 Å². The van der Waals surface area contributed by atoms with Crippen LogP contribution in [0.4, 0.5) is 5.69 Å². The van der Waals surface area contributed by atoms with Crippen molar-refractivity contribution in [3.63, 3.8) is 0 Å². The van der Waals surface area contributed by atoms with Crippen LogP contribution in [-0.4, -0.2) is 30.6 Å². The van der Waals surface area contributed by atoms with Gasteiger partial charge in [-0.2, -0.15) is 5.26 Å². The number of carbonyl (C=O) groups is 1. The molecular weight excluding hydrogens is 408 g/mol. The summed E-state index contributed by atoms with van der Waals surface area (Å²) in [6.07, 6.45) is 9.83. The molecule has 7 atom stereocenters. The molecule has 4 nitrogen and oxygen atoms in total. The van der Waals surface area contributed by atoms with Gasteiger partial charge in [0.05, 0.1) is 18.1 Å². The first-order valence-corrected chi connectivity index (χ1v) is 12.9. The summed E-state index contributed by atoms with van der Waals surface area (Å²) < 4.78 is 0. The van der Waals surface area contributed by atoms with E-state index in [1.165, 1.54) is 22.4 Å². The summed E-state index contributed by atoms with van der Waals surface area (Å²) in [7, 11) is 4.19. The van der Waals surface area contributed by atoms with Crippen molar-refractivity contribution in [1.82, 2.24) is 0 Å². The lowest BCUT2D eigenvalue weighted by Gasteiger charge is -2.65. The van der Waals surface area contributed by atoms with Gasteiger partial charge in [0, 0.05) is 31.6 Å². The number of carbonyl (C=O) groups excluding carboxylic acids is 1. The predicted molar refractivity (Wildman–Crippen MR) is 129 cm³/mol. The third-order valence-corrected chi connectivity index (χ3v) is 10.9. The van der Waals surface area contributed by atoms with E-state index in [1.54, 1.807) is 0 Å². The number of hydrogen-bond donors (Lipinski definition) is 1. The van der Waals surface area contributed by atoms with Crippen molar-refractivity contribution < 1.29 is 9.90 Å². The lowest BCUT2D eigenvalue weighted by Crippen LogP contribution is -2.59. The van der Waals surface area contributed by atoms with Gasteiger partial charge in [0.25, 0.3) is 0 Å². The molecule has 5 aliphatic carbocycles. The average Bonchev–Trinajstić information content (AvgIpc) is 3.04. The molecule has 3 saturated carbocycles. The monoisotopic (exact) mass is 444 g/mol. The minimum Gasteiger partial charge on any atom is -0.388 e. The van der Waals surface area contributed by atoms with Gasteiger partial charge in [0.1, 0.15) is 0 Å². The van der Waals surface area contributed by atoms with Crippen molar-refractivity contribution in [3.8, 4) is 6.07 Å². The lowest BCUT2D eigenvalue weighted by atomic mass is 9.39. The van der Waals surface area contributed by atoms with Gasteiger partial charge in [-0.3, -0.25) is 4.79 Å². The summed E-state index contributed by atoms with van der Waals surface area (Å²) >= 11 is 0. The number of aliphatic hydroxyl groups is 1. The van der Waals surface area contributed by atoms with Crippen LogP contribution < -0.4 is 4.90 Å². The van der Waals surface area contributed by atoms with Gasteiger partial charge in [0.15, 0.2) is 5.78 Å². The molecular formula is C29H36N2O2. The summed E-state index contributed by atoms with van der Waals surface area (Å²) in [6.45, 7) is 2.29. The fraction of sp³-hybridized carbons (Fsp3) is 0.655. The third kappa shape index (κ3) is 2.69. The minimum absolute atomic E-state index is 0.0939. The van der Waals surface area contributed by atoms with Crippen molar-refractivity contribution in [2.24, 2.45) is 28.6 Å². The Labute approximate surface area is 197 Å². The van der Waals surface area contributed by atoms with E-state index >= 15 is 0 Å². The van der Waals surface area contributed by atoms with E-state index in [9.17, 15) is 15.2 Å². The normalized spacial score (nSPS) is 42.9. The Morgan fingerprint density at radius 2 is 2.03 bits per heavy atom. The molecule has 2 unspecified atom stereocenters. The van der Waals surface area contributed by atoms with Gasteiger partial charge in [-0.15, -0.1) is 0 Å². The number of nitriles is 1. The summed E-state index contributed by atoms with van der Waals surface area (Å²) in [5.41, 5.74) is 4.53. The zero-order valence-electron chi connectivity index (χ0n) is 20.2. The molecule has 0 amide bonds. The predicted octanol–water partition coefficient (Wildman–Crippen LogP) is 5.16. The van der Waals surface area contributed by atoms with Crippen molar-refractivity contribution in [3.05, 3.63) is 41.0 Å². The van der Waals surface area contributed by atoms with Crippen LogP contribution in [0.15, 0.2) is 29.8 Å². The number of nitrogens with zero attached hydrogens (tertiary/aromatic N) is 2. The highest BCUT2D eigenvalue weighted by atomic mass is 16.3. The fourth-order valence-corrected chi connectivity index (χ4v) is 9.39. The molecule has 0 aliphatic heterocycles. The number of fused-ring (bicyclic) bond motifs is 4. The first kappa shape index (κ1) is 21.4. The van der Waals surface area contributed by atoms with E-state index in [0.717, 1.165) is 44.9 Å². The number of benzene rings is 1. The molecule has 0 aromatic heterocycles. The third-order valence-electron chi connectivity index (χ3n) is 10.9. The van der Waals surface area contributed by atoms with Gasteiger partial charge in [-0.05, 0) is 103 Å². The van der Waals surface area contributed by atoms with E-state index in [-0.39, 0.29) is 17.3 Å². The quantitative estimate of drug-likeness (QED) is 0.684. The largest absolute Gasteiger partial charge is 0.388 e. The molecule has 1 aromatic carbocycles. The number of ketones is 1. The second-order valence-corrected chi connectivity index (χ2v) is 12.2. The molecule has 0 bridgehead atoms. The molecule has 0 radical (unpaired) electrons. The smallest absolute Gasteiger partial charge is 0.155 e. The molecule has 1 aromatic rings. The molecule has 5 aliphatic rings. The maximum absolute atomic E-state index is 12.5. The Balaban J connectivity index is 1.55. The van der Waals surface area contributed by atoms with E-state index in [4.69, 9.17) is 0 Å². The van der Waals surface area contributed by atoms with Crippen LogP contribution in [0.3, 0.4) is 0 Å². The van der Waals surface area contributed by atoms with E-state index in [1.807, 2.05) is 6.08 Å². The standard InChI is InChI=1S/C29H36N2O2/c1-27-17-24-22-7-5-20(31(2)3)14-18(22)16-28-10-8-21(32)15-19(28)4-6-23(26(24)28)25(27)9-11-29(27,33)12-13-30/h5,7,14-15,23-26,33H,4,6,8-12,16-17H2,1-3H3/t23-,24?,25-,26?,27-,28+,29+/m0/s1. The van der Waals surface area contributed by atoms with Gasteiger partial charge in [-0.25, -0.2) is 0 Å². The van der Waals surface area contributed by atoms with Gasteiger partial charge >= 0.3 is 0 Å². The molecule has 4 heteroatoms. The highest BCUT2D eigenvalue weighted by Gasteiger charge is 2.68. The first-order valence-electron chi connectivity index (χ1n) is 12.9. The van der Waals surface area contributed by atoms with Gasteiger partial charge < -0.3 is 10.0 Å². The Bertz CT molecular complexity index is 1100. The maximum atomic E-state index is 12.5.